The van der Waals surface area contributed by atoms with Gasteiger partial charge in [0.2, 0.25) is 0 Å². The summed E-state index contributed by atoms with van der Waals surface area (Å²) in [6, 6.07) is 11.4. The average Bonchev–Trinajstić information content (AvgIpc) is 2.57. The number of carbonyl (C=O) groups is 1. The van der Waals surface area contributed by atoms with Gasteiger partial charge in [-0.3, -0.25) is 0 Å². The summed E-state index contributed by atoms with van der Waals surface area (Å²) >= 11 is 0. The van der Waals surface area contributed by atoms with E-state index in [1.807, 2.05) is 18.2 Å². The van der Waals surface area contributed by atoms with E-state index in [2.05, 4.69) is 17.2 Å². The van der Waals surface area contributed by atoms with E-state index in [0.717, 1.165) is 11.6 Å². The van der Waals surface area contributed by atoms with Crippen LogP contribution in [0.25, 0.3) is 0 Å². The molecule has 0 radical (unpaired) electrons. The lowest BCUT2D eigenvalue weighted by molar-refractivity contribution is -0.140. The SMILES string of the molecule is O=C(NCC#Cc1ccc(C(F)(F)F)c(F)c1)OCc1ccccc1. The first-order valence-corrected chi connectivity index (χ1v) is 7.16. The molecule has 3 nitrogen and oxygen atoms in total. The van der Waals surface area contributed by atoms with Crippen molar-refractivity contribution in [3.8, 4) is 11.8 Å². The molecule has 0 fully saturated rings. The number of halogens is 4. The summed E-state index contributed by atoms with van der Waals surface area (Å²) < 4.78 is 55.6. The van der Waals surface area contributed by atoms with Crippen LogP contribution in [-0.2, 0) is 17.5 Å². The van der Waals surface area contributed by atoms with Gasteiger partial charge in [0.05, 0.1) is 12.1 Å². The first kappa shape index (κ1) is 18.3. The summed E-state index contributed by atoms with van der Waals surface area (Å²) in [7, 11) is 0. The summed E-state index contributed by atoms with van der Waals surface area (Å²) in [5.74, 6) is 3.58. The molecule has 7 heteroatoms. The number of carbonyl (C=O) groups excluding carboxylic acids is 1. The van der Waals surface area contributed by atoms with Crippen molar-refractivity contribution < 1.29 is 27.1 Å². The highest BCUT2D eigenvalue weighted by Gasteiger charge is 2.33. The van der Waals surface area contributed by atoms with Crippen LogP contribution in [0.2, 0.25) is 0 Å². The topological polar surface area (TPSA) is 38.3 Å². The Balaban J connectivity index is 1.82. The molecule has 0 atom stereocenters. The molecule has 0 saturated heterocycles. The van der Waals surface area contributed by atoms with E-state index in [0.29, 0.717) is 12.1 Å². The third kappa shape index (κ3) is 5.84. The highest BCUT2D eigenvalue weighted by Crippen LogP contribution is 2.31. The van der Waals surface area contributed by atoms with E-state index in [9.17, 15) is 22.4 Å². The van der Waals surface area contributed by atoms with Crippen LogP contribution in [0.1, 0.15) is 16.7 Å². The average molecular weight is 351 g/mol. The van der Waals surface area contributed by atoms with Crippen LogP contribution < -0.4 is 5.32 Å². The Morgan fingerprint density at radius 1 is 1.12 bits per heavy atom. The molecule has 2 aromatic carbocycles. The first-order chi connectivity index (χ1) is 11.9. The molecule has 0 aromatic heterocycles. The molecule has 0 saturated carbocycles. The van der Waals surface area contributed by atoms with Gasteiger partial charge in [-0.15, -0.1) is 0 Å². The van der Waals surface area contributed by atoms with E-state index < -0.39 is 23.7 Å². The number of amides is 1. The van der Waals surface area contributed by atoms with Gasteiger partial charge >= 0.3 is 12.3 Å². The summed E-state index contributed by atoms with van der Waals surface area (Å²) in [6.45, 7) is 0.0144. The largest absolute Gasteiger partial charge is 0.445 e. The highest BCUT2D eigenvalue weighted by molar-refractivity contribution is 5.67. The summed E-state index contributed by atoms with van der Waals surface area (Å²) in [5.41, 5.74) is -0.449. The molecule has 0 heterocycles. The van der Waals surface area contributed by atoms with E-state index >= 15 is 0 Å². The van der Waals surface area contributed by atoms with Crippen molar-refractivity contribution in [2.75, 3.05) is 6.54 Å². The molecule has 2 rings (SSSR count). The Kier molecular flexibility index (Phi) is 6.01. The van der Waals surface area contributed by atoms with Crippen LogP contribution in [0, 0.1) is 17.7 Å². The van der Waals surface area contributed by atoms with Crippen LogP contribution in [0.3, 0.4) is 0 Å². The van der Waals surface area contributed by atoms with Crippen molar-refractivity contribution in [3.05, 3.63) is 71.0 Å². The molecule has 1 N–H and O–H groups in total. The van der Waals surface area contributed by atoms with E-state index in [1.54, 1.807) is 12.1 Å². The highest BCUT2D eigenvalue weighted by atomic mass is 19.4. The second-order valence-electron chi connectivity index (χ2n) is 4.91. The third-order valence-electron chi connectivity index (χ3n) is 3.04. The summed E-state index contributed by atoms with van der Waals surface area (Å²) in [4.78, 5) is 11.5. The number of alkyl halides is 3. The fourth-order valence-electron chi connectivity index (χ4n) is 1.86. The third-order valence-corrected chi connectivity index (χ3v) is 3.04. The summed E-state index contributed by atoms with van der Waals surface area (Å²) in [5, 5.41) is 2.36. The normalized spacial score (nSPS) is 10.6. The van der Waals surface area contributed by atoms with Crippen molar-refractivity contribution in [3.63, 3.8) is 0 Å². The molecule has 25 heavy (non-hydrogen) atoms. The molecule has 0 aliphatic heterocycles. The van der Waals surface area contributed by atoms with Crippen molar-refractivity contribution in [1.29, 1.82) is 0 Å². The molecule has 0 bridgehead atoms. The fraction of sp³-hybridized carbons (Fsp3) is 0.167. The maximum atomic E-state index is 13.4. The number of benzene rings is 2. The predicted octanol–water partition coefficient (Wildman–Crippen LogP) is 4.12. The molecule has 1 amide bonds. The van der Waals surface area contributed by atoms with Gasteiger partial charge in [0.15, 0.2) is 0 Å². The standard InChI is InChI=1S/C18H13F4NO2/c19-16-11-13(8-9-15(16)18(20,21)22)7-4-10-23-17(24)25-12-14-5-2-1-3-6-14/h1-3,5-6,8-9,11H,10,12H2,(H,23,24). The van der Waals surface area contributed by atoms with Gasteiger partial charge in [-0.05, 0) is 23.8 Å². The van der Waals surface area contributed by atoms with Gasteiger partial charge < -0.3 is 10.1 Å². The molecule has 2 aromatic rings. The number of ether oxygens (including phenoxy) is 1. The smallest absolute Gasteiger partial charge is 0.419 e. The van der Waals surface area contributed by atoms with E-state index in [4.69, 9.17) is 4.74 Å². The van der Waals surface area contributed by atoms with Crippen molar-refractivity contribution in [2.45, 2.75) is 12.8 Å². The lowest BCUT2D eigenvalue weighted by Crippen LogP contribution is -2.24. The Hall–Kier alpha value is -3.01. The number of alkyl carbamates (subject to hydrolysis) is 1. The molecule has 130 valence electrons. The lowest BCUT2D eigenvalue weighted by atomic mass is 10.1. The lowest BCUT2D eigenvalue weighted by Gasteiger charge is -2.07. The first-order valence-electron chi connectivity index (χ1n) is 7.16. The zero-order valence-corrected chi connectivity index (χ0v) is 12.9. The van der Waals surface area contributed by atoms with Gasteiger partial charge in [-0.25, -0.2) is 9.18 Å². The maximum absolute atomic E-state index is 13.4. The zero-order chi connectivity index (χ0) is 18.3. The molecular weight excluding hydrogens is 338 g/mol. The van der Waals surface area contributed by atoms with Crippen molar-refractivity contribution >= 4 is 6.09 Å². The van der Waals surface area contributed by atoms with Crippen LogP contribution in [0.5, 0.6) is 0 Å². The number of nitrogens with one attached hydrogen (secondary N) is 1. The Bertz CT molecular complexity index is 792. The van der Waals surface area contributed by atoms with Gasteiger partial charge in [-0.2, -0.15) is 13.2 Å². The van der Waals surface area contributed by atoms with Gasteiger partial charge in [0.25, 0.3) is 0 Å². The Morgan fingerprint density at radius 2 is 1.84 bits per heavy atom. The van der Waals surface area contributed by atoms with Crippen LogP contribution in [0.4, 0.5) is 22.4 Å². The van der Waals surface area contributed by atoms with E-state index in [1.165, 1.54) is 0 Å². The molecule has 0 aliphatic rings. The van der Waals surface area contributed by atoms with Crippen molar-refractivity contribution in [1.82, 2.24) is 5.32 Å². The van der Waals surface area contributed by atoms with Gasteiger partial charge in [-0.1, -0.05) is 42.2 Å². The predicted molar refractivity (Wildman–Crippen MR) is 82.9 cm³/mol. The quantitative estimate of drug-likeness (QED) is 0.667. The summed E-state index contributed by atoms with van der Waals surface area (Å²) in [6.07, 6.45) is -5.43. The second kappa shape index (κ2) is 8.20. The van der Waals surface area contributed by atoms with Gasteiger partial charge in [0, 0.05) is 5.56 Å². The van der Waals surface area contributed by atoms with Crippen molar-refractivity contribution in [2.24, 2.45) is 0 Å². The van der Waals surface area contributed by atoms with E-state index in [-0.39, 0.29) is 18.7 Å². The Morgan fingerprint density at radius 3 is 2.48 bits per heavy atom. The van der Waals surface area contributed by atoms with Crippen LogP contribution in [-0.4, -0.2) is 12.6 Å². The zero-order valence-electron chi connectivity index (χ0n) is 12.9. The number of hydrogen-bond donors (Lipinski definition) is 1. The number of hydrogen-bond acceptors (Lipinski definition) is 2. The van der Waals surface area contributed by atoms with Gasteiger partial charge in [0.1, 0.15) is 12.4 Å². The minimum absolute atomic E-state index is 0.0740. The molecule has 0 unspecified atom stereocenters. The molecule has 0 aliphatic carbocycles. The van der Waals surface area contributed by atoms with Crippen LogP contribution >= 0.6 is 0 Å². The molecular formula is C18H13F4NO2. The molecule has 0 spiro atoms. The monoisotopic (exact) mass is 351 g/mol. The minimum atomic E-state index is -4.75. The second-order valence-corrected chi connectivity index (χ2v) is 4.91. The number of rotatable bonds is 3. The Labute approximate surface area is 141 Å². The fourth-order valence-corrected chi connectivity index (χ4v) is 1.86. The maximum Gasteiger partial charge on any atom is 0.419 e. The van der Waals surface area contributed by atoms with Crippen LogP contribution in [0.15, 0.2) is 48.5 Å². The minimum Gasteiger partial charge on any atom is -0.445 e.